The quantitative estimate of drug-likeness (QED) is 0.656. The smallest absolute Gasteiger partial charge is 0.160 e. The van der Waals surface area contributed by atoms with Gasteiger partial charge in [-0.15, -0.1) is 11.3 Å². The van der Waals surface area contributed by atoms with Gasteiger partial charge in [-0.25, -0.2) is 4.98 Å². The van der Waals surface area contributed by atoms with Gasteiger partial charge >= 0.3 is 0 Å². The van der Waals surface area contributed by atoms with Crippen LogP contribution in [0.1, 0.15) is 55.6 Å². The normalized spacial score (nSPS) is 25.0. The molecule has 0 amide bonds. The Morgan fingerprint density at radius 2 is 2.08 bits per heavy atom. The maximum atomic E-state index is 13.3. The Labute approximate surface area is 155 Å². The highest BCUT2D eigenvalue weighted by Crippen LogP contribution is 2.55. The molecule has 1 atom stereocenters. The number of allylic oxidation sites excluding steroid dienone is 6. The molecule has 0 saturated heterocycles. The second-order valence-electron chi connectivity index (χ2n) is 7.98. The van der Waals surface area contributed by atoms with Gasteiger partial charge in [-0.1, -0.05) is 57.7 Å². The van der Waals surface area contributed by atoms with E-state index < -0.39 is 5.41 Å². The number of thiazole rings is 1. The van der Waals surface area contributed by atoms with E-state index in [-0.39, 0.29) is 11.2 Å². The molecule has 2 aliphatic carbocycles. The van der Waals surface area contributed by atoms with Gasteiger partial charge in [0, 0.05) is 23.3 Å². The van der Waals surface area contributed by atoms with Crippen LogP contribution in [0.3, 0.4) is 0 Å². The SMILES string of the molecule is C=C/C=C\C(=C)C1(CC)C2=C(Cc3nc(C)sc31)CC(C)(C)CC2=O. The predicted molar refractivity (Wildman–Crippen MR) is 106 cm³/mol. The van der Waals surface area contributed by atoms with E-state index in [9.17, 15) is 4.79 Å². The first kappa shape index (κ1) is 18.1. The van der Waals surface area contributed by atoms with Crippen molar-refractivity contribution in [2.24, 2.45) is 5.41 Å². The van der Waals surface area contributed by atoms with Gasteiger partial charge in [0.2, 0.25) is 0 Å². The first-order valence-electron chi connectivity index (χ1n) is 8.96. The Hall–Kier alpha value is -1.74. The zero-order chi connectivity index (χ0) is 18.4. The first-order valence-corrected chi connectivity index (χ1v) is 9.78. The fourth-order valence-electron chi connectivity index (χ4n) is 4.58. The molecule has 3 heteroatoms. The van der Waals surface area contributed by atoms with E-state index in [2.05, 4.69) is 40.9 Å². The Bertz CT molecular complexity index is 821. The third-order valence-electron chi connectivity index (χ3n) is 5.47. The summed E-state index contributed by atoms with van der Waals surface area (Å²) >= 11 is 1.72. The molecule has 0 N–H and O–H groups in total. The van der Waals surface area contributed by atoms with Gasteiger partial charge < -0.3 is 0 Å². The first-order chi connectivity index (χ1) is 11.7. The number of carbonyl (C=O) groups is 1. The Balaban J connectivity index is 2.29. The van der Waals surface area contributed by atoms with Crippen LogP contribution < -0.4 is 0 Å². The molecule has 0 aliphatic heterocycles. The molecular weight excluding hydrogens is 326 g/mol. The van der Waals surface area contributed by atoms with Crippen molar-refractivity contribution in [2.75, 3.05) is 0 Å². The second-order valence-corrected chi connectivity index (χ2v) is 9.19. The van der Waals surface area contributed by atoms with Crippen LogP contribution in [0, 0.1) is 12.3 Å². The number of rotatable bonds is 4. The van der Waals surface area contributed by atoms with Gasteiger partial charge in [-0.2, -0.15) is 0 Å². The minimum Gasteiger partial charge on any atom is -0.294 e. The molecule has 2 aliphatic rings. The summed E-state index contributed by atoms with van der Waals surface area (Å²) in [5.41, 5.74) is 3.98. The van der Waals surface area contributed by atoms with E-state index in [1.165, 1.54) is 10.5 Å². The highest BCUT2D eigenvalue weighted by atomic mass is 32.1. The number of nitrogens with zero attached hydrogens (tertiary/aromatic N) is 1. The zero-order valence-corrected chi connectivity index (χ0v) is 16.6. The van der Waals surface area contributed by atoms with Gasteiger partial charge in [0.05, 0.1) is 16.1 Å². The Morgan fingerprint density at radius 3 is 2.72 bits per heavy atom. The van der Waals surface area contributed by atoms with Crippen molar-refractivity contribution < 1.29 is 4.79 Å². The summed E-state index contributed by atoms with van der Waals surface area (Å²) in [4.78, 5) is 19.3. The van der Waals surface area contributed by atoms with E-state index in [0.29, 0.717) is 6.42 Å². The van der Waals surface area contributed by atoms with Gasteiger partial charge in [0.1, 0.15) is 0 Å². The second kappa shape index (κ2) is 6.21. The monoisotopic (exact) mass is 353 g/mol. The van der Waals surface area contributed by atoms with E-state index in [4.69, 9.17) is 4.98 Å². The van der Waals surface area contributed by atoms with E-state index >= 15 is 0 Å². The zero-order valence-electron chi connectivity index (χ0n) is 15.7. The summed E-state index contributed by atoms with van der Waals surface area (Å²) in [6.45, 7) is 16.8. The van der Waals surface area contributed by atoms with Crippen LogP contribution in [-0.2, 0) is 16.6 Å². The minimum atomic E-state index is -0.429. The van der Waals surface area contributed by atoms with Crippen LogP contribution in [0.4, 0.5) is 0 Å². The molecule has 1 unspecified atom stereocenters. The number of ketones is 1. The molecular formula is C22H27NOS. The maximum Gasteiger partial charge on any atom is 0.160 e. The summed E-state index contributed by atoms with van der Waals surface area (Å²) in [7, 11) is 0. The number of hydrogen-bond acceptors (Lipinski definition) is 3. The Kier molecular flexibility index (Phi) is 4.48. The molecule has 0 saturated carbocycles. The standard InChI is InChI=1S/C22H27NOS/c1-7-9-10-14(3)22(8-2)19-16(12-21(5,6)13-18(19)24)11-17-20(22)25-15(4)23-17/h7,9-10H,1,3,8,11-13H2,2,4-6H3/b10-9-. The van der Waals surface area contributed by atoms with Crippen molar-refractivity contribution in [3.8, 4) is 0 Å². The van der Waals surface area contributed by atoms with Crippen molar-refractivity contribution in [2.45, 2.75) is 58.8 Å². The summed E-state index contributed by atoms with van der Waals surface area (Å²) in [6.07, 6.45) is 8.90. The van der Waals surface area contributed by atoms with E-state index in [0.717, 1.165) is 41.1 Å². The van der Waals surface area contributed by atoms with Crippen LogP contribution in [0.15, 0.2) is 48.1 Å². The van der Waals surface area contributed by atoms with Crippen LogP contribution in [-0.4, -0.2) is 10.8 Å². The van der Waals surface area contributed by atoms with Gasteiger partial charge in [0.25, 0.3) is 0 Å². The molecule has 3 rings (SSSR count). The lowest BCUT2D eigenvalue weighted by atomic mass is 9.58. The number of carbonyl (C=O) groups excluding carboxylic acids is 1. The average molecular weight is 354 g/mol. The van der Waals surface area contributed by atoms with E-state index in [1.54, 1.807) is 17.4 Å². The average Bonchev–Trinajstić information content (AvgIpc) is 2.89. The van der Waals surface area contributed by atoms with Crippen molar-refractivity contribution in [1.82, 2.24) is 4.98 Å². The molecule has 0 spiro atoms. The maximum absolute atomic E-state index is 13.3. The van der Waals surface area contributed by atoms with Crippen LogP contribution >= 0.6 is 11.3 Å². The fraction of sp³-hybridized carbons (Fsp3) is 0.455. The number of aromatic nitrogens is 1. The lowest BCUT2D eigenvalue weighted by Gasteiger charge is -2.45. The summed E-state index contributed by atoms with van der Waals surface area (Å²) < 4.78 is 0. The van der Waals surface area contributed by atoms with Crippen molar-refractivity contribution >= 4 is 17.1 Å². The molecule has 0 fully saturated rings. The lowest BCUT2D eigenvalue weighted by molar-refractivity contribution is -0.118. The van der Waals surface area contributed by atoms with Crippen LogP contribution in [0.25, 0.3) is 0 Å². The minimum absolute atomic E-state index is 0.0241. The number of aryl methyl sites for hydroxylation is 1. The van der Waals surface area contributed by atoms with Gasteiger partial charge in [0.15, 0.2) is 5.78 Å². The van der Waals surface area contributed by atoms with Crippen LogP contribution in [0.5, 0.6) is 0 Å². The molecule has 132 valence electrons. The summed E-state index contributed by atoms with van der Waals surface area (Å²) in [5, 5.41) is 1.06. The molecule has 0 aromatic carbocycles. The topological polar surface area (TPSA) is 30.0 Å². The third kappa shape index (κ3) is 2.79. The highest BCUT2D eigenvalue weighted by Gasteiger charge is 2.50. The van der Waals surface area contributed by atoms with Crippen molar-refractivity contribution in [1.29, 1.82) is 0 Å². The number of Topliss-reactive ketones (excluding diaryl/α,β-unsaturated/α-hetero) is 1. The van der Waals surface area contributed by atoms with Crippen molar-refractivity contribution in [3.63, 3.8) is 0 Å². The summed E-state index contributed by atoms with van der Waals surface area (Å²) in [6, 6.07) is 0. The van der Waals surface area contributed by atoms with Gasteiger partial charge in [-0.05, 0) is 30.8 Å². The molecule has 1 aromatic heterocycles. The predicted octanol–water partition coefficient (Wildman–Crippen LogP) is 5.64. The summed E-state index contributed by atoms with van der Waals surface area (Å²) in [5.74, 6) is 0.290. The molecule has 25 heavy (non-hydrogen) atoms. The van der Waals surface area contributed by atoms with Gasteiger partial charge in [-0.3, -0.25) is 4.79 Å². The number of hydrogen-bond donors (Lipinski definition) is 0. The van der Waals surface area contributed by atoms with Crippen molar-refractivity contribution in [3.05, 3.63) is 63.7 Å². The lowest BCUT2D eigenvalue weighted by Crippen LogP contribution is -2.42. The molecule has 1 heterocycles. The molecule has 1 aromatic rings. The van der Waals surface area contributed by atoms with E-state index in [1.807, 2.05) is 12.2 Å². The number of fused-ring (bicyclic) bond motifs is 1. The molecule has 0 radical (unpaired) electrons. The molecule has 0 bridgehead atoms. The Morgan fingerprint density at radius 1 is 1.36 bits per heavy atom. The third-order valence-corrected chi connectivity index (χ3v) is 6.65. The highest BCUT2D eigenvalue weighted by molar-refractivity contribution is 7.12. The fourth-order valence-corrected chi connectivity index (χ4v) is 5.81. The van der Waals surface area contributed by atoms with Crippen LogP contribution in [0.2, 0.25) is 0 Å². The largest absolute Gasteiger partial charge is 0.294 e. The molecule has 2 nitrogen and oxygen atoms in total.